The first kappa shape index (κ1) is 17.1. The number of carbonyl (C=O) groups is 1. The largest absolute Gasteiger partial charge is 0.356 e. The van der Waals surface area contributed by atoms with Gasteiger partial charge in [0.2, 0.25) is 5.91 Å². The van der Waals surface area contributed by atoms with Crippen molar-refractivity contribution in [1.82, 2.24) is 10.6 Å². The lowest BCUT2D eigenvalue weighted by molar-refractivity contribution is -0.121. The number of amides is 1. The second kappa shape index (κ2) is 10.0. The molecule has 1 aliphatic rings. The molecule has 0 bridgehead atoms. The minimum absolute atomic E-state index is 0. The molecule has 3 nitrogen and oxygen atoms in total. The fraction of sp³-hybridized carbons (Fsp3) is 0.917. The van der Waals surface area contributed by atoms with E-state index in [0.29, 0.717) is 12.5 Å². The van der Waals surface area contributed by atoms with Gasteiger partial charge in [-0.15, -0.1) is 12.4 Å². The lowest BCUT2D eigenvalue weighted by Crippen LogP contribution is -2.41. The van der Waals surface area contributed by atoms with Crippen molar-refractivity contribution in [3.63, 3.8) is 0 Å². The van der Waals surface area contributed by atoms with E-state index in [0.717, 1.165) is 31.2 Å². The van der Waals surface area contributed by atoms with Crippen LogP contribution in [-0.2, 0) is 4.79 Å². The van der Waals surface area contributed by atoms with Gasteiger partial charge in [0.25, 0.3) is 0 Å². The first-order valence-electron chi connectivity index (χ1n) is 6.26. The van der Waals surface area contributed by atoms with E-state index in [4.69, 9.17) is 0 Å². The first-order chi connectivity index (χ1) is 7.68. The van der Waals surface area contributed by atoms with E-state index >= 15 is 0 Å². The summed E-state index contributed by atoms with van der Waals surface area (Å²) in [7, 11) is 0. The molecular formula is C12H25ClN2OS. The van der Waals surface area contributed by atoms with Gasteiger partial charge in [0, 0.05) is 37.1 Å². The third-order valence-electron chi connectivity index (χ3n) is 2.71. The molecule has 1 fully saturated rings. The van der Waals surface area contributed by atoms with Gasteiger partial charge >= 0.3 is 0 Å². The smallest absolute Gasteiger partial charge is 0.221 e. The summed E-state index contributed by atoms with van der Waals surface area (Å²) in [5, 5.41) is 6.37. The van der Waals surface area contributed by atoms with Crippen molar-refractivity contribution < 1.29 is 4.79 Å². The highest BCUT2D eigenvalue weighted by Crippen LogP contribution is 2.10. The molecule has 1 heterocycles. The highest BCUT2D eigenvalue weighted by Gasteiger charge is 2.16. The molecular weight excluding hydrogens is 256 g/mol. The Hall–Kier alpha value is 0.0700. The van der Waals surface area contributed by atoms with Crippen molar-refractivity contribution in [2.75, 3.05) is 24.6 Å². The van der Waals surface area contributed by atoms with E-state index in [1.807, 2.05) is 11.8 Å². The molecule has 0 aromatic rings. The second-order valence-corrected chi connectivity index (χ2v) is 5.97. The molecule has 1 aliphatic heterocycles. The lowest BCUT2D eigenvalue weighted by Gasteiger charge is -2.22. The van der Waals surface area contributed by atoms with Gasteiger partial charge in [0.05, 0.1) is 0 Å². The molecule has 1 atom stereocenters. The Kier molecular flexibility index (Phi) is 10.1. The zero-order valence-corrected chi connectivity index (χ0v) is 12.5. The number of thioether (sulfide) groups is 1. The lowest BCUT2D eigenvalue weighted by atomic mass is 10.1. The summed E-state index contributed by atoms with van der Waals surface area (Å²) in [5.74, 6) is 3.17. The minimum Gasteiger partial charge on any atom is -0.356 e. The second-order valence-electron chi connectivity index (χ2n) is 4.82. The van der Waals surface area contributed by atoms with Gasteiger partial charge < -0.3 is 10.6 Å². The van der Waals surface area contributed by atoms with Gasteiger partial charge in [0.1, 0.15) is 0 Å². The Morgan fingerprint density at radius 2 is 2.29 bits per heavy atom. The van der Waals surface area contributed by atoms with E-state index in [1.165, 1.54) is 12.2 Å². The summed E-state index contributed by atoms with van der Waals surface area (Å²) < 4.78 is 0. The maximum Gasteiger partial charge on any atom is 0.221 e. The average Bonchev–Trinajstić information content (AvgIpc) is 2.25. The molecule has 0 aromatic carbocycles. The average molecular weight is 281 g/mol. The van der Waals surface area contributed by atoms with Crippen LogP contribution in [0.4, 0.5) is 0 Å². The van der Waals surface area contributed by atoms with Gasteiger partial charge in [-0.25, -0.2) is 0 Å². The molecule has 102 valence electrons. The zero-order valence-electron chi connectivity index (χ0n) is 10.8. The molecule has 17 heavy (non-hydrogen) atoms. The normalized spacial score (nSPS) is 19.8. The van der Waals surface area contributed by atoms with Gasteiger partial charge in [-0.2, -0.15) is 11.8 Å². The third-order valence-corrected chi connectivity index (χ3v) is 3.84. The number of nitrogens with one attached hydrogen (secondary N) is 2. The van der Waals surface area contributed by atoms with Crippen LogP contribution in [0.1, 0.15) is 33.1 Å². The molecule has 5 heteroatoms. The maximum atomic E-state index is 11.6. The van der Waals surface area contributed by atoms with Crippen molar-refractivity contribution in [2.45, 2.75) is 39.2 Å². The van der Waals surface area contributed by atoms with E-state index in [-0.39, 0.29) is 18.3 Å². The van der Waals surface area contributed by atoms with Gasteiger partial charge in [-0.05, 0) is 18.8 Å². The monoisotopic (exact) mass is 280 g/mol. The molecule has 0 saturated carbocycles. The van der Waals surface area contributed by atoms with Crippen LogP contribution in [0.15, 0.2) is 0 Å². The molecule has 0 aromatic heterocycles. The van der Waals surface area contributed by atoms with Crippen LogP contribution in [0.3, 0.4) is 0 Å². The van der Waals surface area contributed by atoms with Crippen LogP contribution in [0.2, 0.25) is 0 Å². The maximum absolute atomic E-state index is 11.6. The number of halogens is 1. The van der Waals surface area contributed by atoms with Crippen LogP contribution in [0.25, 0.3) is 0 Å². The predicted octanol–water partition coefficient (Wildman–Crippen LogP) is 2.06. The molecule has 0 spiro atoms. The topological polar surface area (TPSA) is 41.1 Å². The SMILES string of the molecule is CC(C)CCCNC(=O)CC1CSCCN1.Cl. The molecule has 1 rings (SSSR count). The first-order valence-corrected chi connectivity index (χ1v) is 7.41. The molecule has 1 unspecified atom stereocenters. The van der Waals surface area contributed by atoms with Crippen LogP contribution in [0, 0.1) is 5.92 Å². The summed E-state index contributed by atoms with van der Waals surface area (Å²) in [4.78, 5) is 11.6. The standard InChI is InChI=1S/C12H24N2OS.ClH/c1-10(2)4-3-5-14-12(15)8-11-9-16-7-6-13-11;/h10-11,13H,3-9H2,1-2H3,(H,14,15);1H. The third kappa shape index (κ3) is 8.75. The van der Waals surface area contributed by atoms with Crippen LogP contribution in [0.5, 0.6) is 0 Å². The van der Waals surface area contributed by atoms with Crippen molar-refractivity contribution in [3.8, 4) is 0 Å². The summed E-state index contributed by atoms with van der Waals surface area (Å²) in [5.41, 5.74) is 0. The fourth-order valence-corrected chi connectivity index (χ4v) is 2.73. The van der Waals surface area contributed by atoms with Gasteiger partial charge in [0.15, 0.2) is 0 Å². The molecule has 1 amide bonds. The minimum atomic E-state index is 0. The van der Waals surface area contributed by atoms with E-state index in [2.05, 4.69) is 24.5 Å². The highest BCUT2D eigenvalue weighted by molar-refractivity contribution is 7.99. The summed E-state index contributed by atoms with van der Waals surface area (Å²) >= 11 is 1.93. The molecule has 1 saturated heterocycles. The van der Waals surface area contributed by atoms with Crippen molar-refractivity contribution in [1.29, 1.82) is 0 Å². The van der Waals surface area contributed by atoms with Crippen molar-refractivity contribution in [2.24, 2.45) is 5.92 Å². The van der Waals surface area contributed by atoms with Gasteiger partial charge in [-0.3, -0.25) is 4.79 Å². The van der Waals surface area contributed by atoms with Crippen LogP contribution >= 0.6 is 24.2 Å². The van der Waals surface area contributed by atoms with Crippen molar-refractivity contribution >= 4 is 30.1 Å². The number of rotatable bonds is 6. The van der Waals surface area contributed by atoms with E-state index < -0.39 is 0 Å². The Labute approximate surface area is 115 Å². The Morgan fingerprint density at radius 1 is 1.53 bits per heavy atom. The van der Waals surface area contributed by atoms with Crippen LogP contribution in [-0.4, -0.2) is 36.5 Å². The number of hydrogen-bond acceptors (Lipinski definition) is 3. The molecule has 0 aliphatic carbocycles. The highest BCUT2D eigenvalue weighted by atomic mass is 35.5. The predicted molar refractivity (Wildman–Crippen MR) is 78.1 cm³/mol. The Bertz CT molecular complexity index is 209. The molecule has 0 radical (unpaired) electrons. The van der Waals surface area contributed by atoms with E-state index in [9.17, 15) is 4.79 Å². The Balaban J connectivity index is 0.00000256. The van der Waals surface area contributed by atoms with Gasteiger partial charge in [-0.1, -0.05) is 13.8 Å². The Morgan fingerprint density at radius 3 is 2.88 bits per heavy atom. The summed E-state index contributed by atoms with van der Waals surface area (Å²) in [6, 6.07) is 0.379. The molecule has 2 N–H and O–H groups in total. The number of carbonyl (C=O) groups excluding carboxylic acids is 1. The van der Waals surface area contributed by atoms with Crippen molar-refractivity contribution in [3.05, 3.63) is 0 Å². The summed E-state index contributed by atoms with van der Waals surface area (Å²) in [6.07, 6.45) is 2.92. The number of hydrogen-bond donors (Lipinski definition) is 2. The van der Waals surface area contributed by atoms with E-state index in [1.54, 1.807) is 0 Å². The fourth-order valence-electron chi connectivity index (χ4n) is 1.78. The summed E-state index contributed by atoms with van der Waals surface area (Å²) in [6.45, 7) is 6.29. The zero-order chi connectivity index (χ0) is 11.8. The quantitative estimate of drug-likeness (QED) is 0.732. The van der Waals surface area contributed by atoms with Crippen LogP contribution < -0.4 is 10.6 Å².